The van der Waals surface area contributed by atoms with Crippen LogP contribution in [-0.2, 0) is 0 Å². The van der Waals surface area contributed by atoms with Crippen LogP contribution in [0.2, 0.25) is 0 Å². The molecule has 126 valence electrons. The fourth-order valence-corrected chi connectivity index (χ4v) is 3.31. The average Bonchev–Trinajstić information content (AvgIpc) is 3.20. The number of ketones is 1. The Kier molecular flexibility index (Phi) is 3.76. The van der Waals surface area contributed by atoms with E-state index in [2.05, 4.69) is 10.5 Å². The summed E-state index contributed by atoms with van der Waals surface area (Å²) in [6.07, 6.45) is 0.536. The van der Waals surface area contributed by atoms with Crippen molar-refractivity contribution in [3.63, 3.8) is 0 Å². The SMILES string of the molecule is CCOc1cccc([C@@H]2CC(C3=C(O)c4ccccc4C3=O)=NN2)c1. The number of Topliss-reactive ketones (excluding diaryl/α,β-unsaturated/α-hetero) is 1. The molecule has 5 nitrogen and oxygen atoms in total. The van der Waals surface area contributed by atoms with Gasteiger partial charge >= 0.3 is 0 Å². The van der Waals surface area contributed by atoms with Gasteiger partial charge in [0.05, 0.1) is 23.9 Å². The number of hydrazone groups is 1. The molecule has 1 aliphatic heterocycles. The highest BCUT2D eigenvalue weighted by Gasteiger charge is 2.35. The van der Waals surface area contributed by atoms with Crippen LogP contribution in [-0.4, -0.2) is 23.2 Å². The third-order valence-corrected chi connectivity index (χ3v) is 4.50. The van der Waals surface area contributed by atoms with Crippen LogP contribution in [0.15, 0.2) is 59.2 Å². The van der Waals surface area contributed by atoms with Crippen LogP contribution in [0.25, 0.3) is 5.76 Å². The van der Waals surface area contributed by atoms with Gasteiger partial charge in [-0.3, -0.25) is 4.79 Å². The van der Waals surface area contributed by atoms with E-state index in [-0.39, 0.29) is 17.6 Å². The van der Waals surface area contributed by atoms with E-state index >= 15 is 0 Å². The predicted molar refractivity (Wildman–Crippen MR) is 95.9 cm³/mol. The summed E-state index contributed by atoms with van der Waals surface area (Å²) in [4.78, 5) is 12.6. The van der Waals surface area contributed by atoms with Crippen molar-refractivity contribution < 1.29 is 14.6 Å². The van der Waals surface area contributed by atoms with Crippen molar-refractivity contribution in [1.82, 2.24) is 5.43 Å². The summed E-state index contributed by atoms with van der Waals surface area (Å²) in [6.45, 7) is 2.55. The smallest absolute Gasteiger partial charge is 0.199 e. The fraction of sp³-hybridized carbons (Fsp3) is 0.200. The number of aliphatic hydroxyl groups excluding tert-OH is 1. The van der Waals surface area contributed by atoms with Crippen molar-refractivity contribution in [2.75, 3.05) is 6.61 Å². The first-order valence-electron chi connectivity index (χ1n) is 8.31. The molecular formula is C20H18N2O3. The van der Waals surface area contributed by atoms with Crippen LogP contribution in [0.5, 0.6) is 5.75 Å². The topological polar surface area (TPSA) is 70.9 Å². The Balaban J connectivity index is 1.58. The number of hydrogen-bond donors (Lipinski definition) is 2. The lowest BCUT2D eigenvalue weighted by Crippen LogP contribution is -2.12. The Bertz CT molecular complexity index is 915. The van der Waals surface area contributed by atoms with E-state index < -0.39 is 0 Å². The predicted octanol–water partition coefficient (Wildman–Crippen LogP) is 3.64. The van der Waals surface area contributed by atoms with Gasteiger partial charge < -0.3 is 15.3 Å². The molecule has 0 saturated carbocycles. The van der Waals surface area contributed by atoms with Crippen LogP contribution in [0.3, 0.4) is 0 Å². The van der Waals surface area contributed by atoms with Crippen molar-refractivity contribution in [2.45, 2.75) is 19.4 Å². The zero-order chi connectivity index (χ0) is 17.4. The molecule has 0 unspecified atom stereocenters. The Morgan fingerprint density at radius 3 is 2.76 bits per heavy atom. The number of fused-ring (bicyclic) bond motifs is 1. The third kappa shape index (κ3) is 2.58. The van der Waals surface area contributed by atoms with Gasteiger partial charge in [0, 0.05) is 17.5 Å². The quantitative estimate of drug-likeness (QED) is 0.895. The maximum atomic E-state index is 12.6. The summed E-state index contributed by atoms with van der Waals surface area (Å²) in [5.74, 6) is 0.656. The van der Waals surface area contributed by atoms with E-state index in [0.717, 1.165) is 11.3 Å². The zero-order valence-corrected chi connectivity index (χ0v) is 13.8. The number of hydrogen-bond acceptors (Lipinski definition) is 5. The summed E-state index contributed by atoms with van der Waals surface area (Å²) in [5.41, 5.74) is 6.10. The molecule has 2 aliphatic rings. The largest absolute Gasteiger partial charge is 0.506 e. The molecular weight excluding hydrogens is 316 g/mol. The number of nitrogens with one attached hydrogen (secondary N) is 1. The van der Waals surface area contributed by atoms with Gasteiger partial charge in [-0.25, -0.2) is 0 Å². The lowest BCUT2D eigenvalue weighted by Gasteiger charge is -2.12. The number of nitrogens with zero attached hydrogens (tertiary/aromatic N) is 1. The minimum atomic E-state index is -0.169. The van der Waals surface area contributed by atoms with Gasteiger partial charge in [0.1, 0.15) is 11.5 Å². The minimum absolute atomic E-state index is 0.0184. The van der Waals surface area contributed by atoms with Crippen molar-refractivity contribution >= 4 is 17.3 Å². The van der Waals surface area contributed by atoms with E-state index in [4.69, 9.17) is 4.74 Å². The van der Waals surface area contributed by atoms with Gasteiger partial charge in [-0.15, -0.1) is 0 Å². The maximum absolute atomic E-state index is 12.6. The first kappa shape index (κ1) is 15.4. The molecule has 4 rings (SSSR count). The highest BCUT2D eigenvalue weighted by molar-refractivity contribution is 6.35. The molecule has 1 heterocycles. The fourth-order valence-electron chi connectivity index (χ4n) is 3.31. The first-order valence-corrected chi connectivity index (χ1v) is 8.31. The second-order valence-corrected chi connectivity index (χ2v) is 6.05. The van der Waals surface area contributed by atoms with E-state index in [1.807, 2.05) is 37.3 Å². The molecule has 0 bridgehead atoms. The number of rotatable bonds is 4. The highest BCUT2D eigenvalue weighted by Crippen LogP contribution is 2.35. The Hall–Kier alpha value is -3.08. The van der Waals surface area contributed by atoms with Gasteiger partial charge in [-0.2, -0.15) is 5.10 Å². The molecule has 5 heteroatoms. The summed E-state index contributed by atoms with van der Waals surface area (Å²) < 4.78 is 5.54. The molecule has 0 amide bonds. The van der Waals surface area contributed by atoms with Crippen LogP contribution >= 0.6 is 0 Å². The van der Waals surface area contributed by atoms with E-state index in [1.54, 1.807) is 18.2 Å². The number of aliphatic hydroxyl groups is 1. The Labute approximate surface area is 145 Å². The number of benzene rings is 2. The summed E-state index contributed by atoms with van der Waals surface area (Å²) in [7, 11) is 0. The maximum Gasteiger partial charge on any atom is 0.199 e. The summed E-state index contributed by atoms with van der Waals surface area (Å²) in [5, 5.41) is 14.8. The second-order valence-electron chi connectivity index (χ2n) is 6.05. The number of carbonyl (C=O) groups is 1. The number of allylic oxidation sites excluding steroid dienone is 1. The van der Waals surface area contributed by atoms with Crippen LogP contribution in [0.4, 0.5) is 0 Å². The first-order chi connectivity index (χ1) is 12.2. The van der Waals surface area contributed by atoms with Gasteiger partial charge in [0.15, 0.2) is 5.78 Å². The summed E-state index contributed by atoms with van der Waals surface area (Å²) in [6, 6.07) is 14.9. The number of ether oxygens (including phenoxy) is 1. The van der Waals surface area contributed by atoms with Crippen molar-refractivity contribution in [3.05, 3.63) is 70.8 Å². The lowest BCUT2D eigenvalue weighted by molar-refractivity contribution is 0.104. The normalized spacial score (nSPS) is 18.8. The van der Waals surface area contributed by atoms with Crippen molar-refractivity contribution in [2.24, 2.45) is 5.10 Å². The summed E-state index contributed by atoms with van der Waals surface area (Å²) >= 11 is 0. The molecule has 1 atom stereocenters. The molecule has 0 spiro atoms. The lowest BCUT2D eigenvalue weighted by atomic mass is 9.97. The van der Waals surface area contributed by atoms with E-state index in [1.165, 1.54) is 0 Å². The average molecular weight is 334 g/mol. The highest BCUT2D eigenvalue weighted by atomic mass is 16.5. The molecule has 2 aromatic rings. The Morgan fingerprint density at radius 1 is 1.20 bits per heavy atom. The molecule has 0 radical (unpaired) electrons. The molecule has 25 heavy (non-hydrogen) atoms. The number of carbonyl (C=O) groups excluding carboxylic acids is 1. The molecule has 2 N–H and O–H groups in total. The van der Waals surface area contributed by atoms with Crippen LogP contribution in [0.1, 0.15) is 40.9 Å². The van der Waals surface area contributed by atoms with E-state index in [9.17, 15) is 9.90 Å². The minimum Gasteiger partial charge on any atom is -0.506 e. The monoisotopic (exact) mass is 334 g/mol. The van der Waals surface area contributed by atoms with Gasteiger partial charge in [0.2, 0.25) is 0 Å². The second kappa shape index (κ2) is 6.09. The molecule has 2 aromatic carbocycles. The molecule has 1 aliphatic carbocycles. The van der Waals surface area contributed by atoms with Gasteiger partial charge in [-0.1, -0.05) is 36.4 Å². The van der Waals surface area contributed by atoms with Gasteiger partial charge in [-0.05, 0) is 24.6 Å². The standard InChI is InChI=1S/C20H18N2O3/c1-2-25-13-7-5-6-12(10-13)16-11-17(22-21-16)18-19(23)14-8-3-4-9-15(14)20(18)24/h3-10,16,21,23H,2,11H2,1H3/t16-/m0/s1. The zero-order valence-electron chi connectivity index (χ0n) is 13.8. The molecule has 0 saturated heterocycles. The Morgan fingerprint density at radius 2 is 2.00 bits per heavy atom. The molecule has 0 fully saturated rings. The van der Waals surface area contributed by atoms with Crippen molar-refractivity contribution in [1.29, 1.82) is 0 Å². The third-order valence-electron chi connectivity index (χ3n) is 4.50. The molecule has 0 aromatic heterocycles. The van der Waals surface area contributed by atoms with E-state index in [0.29, 0.717) is 35.4 Å². The van der Waals surface area contributed by atoms with Crippen LogP contribution in [0, 0.1) is 0 Å². The van der Waals surface area contributed by atoms with Crippen molar-refractivity contribution in [3.8, 4) is 5.75 Å². The van der Waals surface area contributed by atoms with Crippen LogP contribution < -0.4 is 10.2 Å². The van der Waals surface area contributed by atoms with Gasteiger partial charge in [0.25, 0.3) is 0 Å².